The molecule has 3 rings (SSSR count). The third-order valence-electron chi connectivity index (χ3n) is 4.41. The summed E-state index contributed by atoms with van der Waals surface area (Å²) in [6, 6.07) is 12.5. The SMILES string of the molecule is Nc1nccc2cc(NC(=O)CCC(=O)N(CCO)c3ccc(F)cc3)ccc12. The van der Waals surface area contributed by atoms with Crippen molar-refractivity contribution in [1.82, 2.24) is 4.98 Å². The second-order valence-corrected chi connectivity index (χ2v) is 6.43. The Morgan fingerprint density at radius 3 is 2.59 bits per heavy atom. The molecule has 0 aliphatic rings. The van der Waals surface area contributed by atoms with Gasteiger partial charge in [0.1, 0.15) is 11.6 Å². The van der Waals surface area contributed by atoms with Crippen LogP contribution in [0.4, 0.5) is 21.6 Å². The van der Waals surface area contributed by atoms with Crippen LogP contribution in [-0.2, 0) is 9.59 Å². The van der Waals surface area contributed by atoms with Gasteiger partial charge in [0.2, 0.25) is 11.8 Å². The number of benzene rings is 2. The van der Waals surface area contributed by atoms with Gasteiger partial charge < -0.3 is 21.1 Å². The Hall–Kier alpha value is -3.52. The summed E-state index contributed by atoms with van der Waals surface area (Å²) in [5.41, 5.74) is 6.87. The first-order chi connectivity index (χ1) is 14.0. The highest BCUT2D eigenvalue weighted by molar-refractivity contribution is 6.00. The van der Waals surface area contributed by atoms with E-state index in [1.54, 1.807) is 30.5 Å². The molecule has 0 fully saturated rings. The van der Waals surface area contributed by atoms with Crippen molar-refractivity contribution in [3.05, 3.63) is 60.5 Å². The number of carbonyl (C=O) groups excluding carboxylic acids is 2. The Balaban J connectivity index is 1.61. The lowest BCUT2D eigenvalue weighted by atomic mass is 10.1. The van der Waals surface area contributed by atoms with Gasteiger partial charge in [-0.1, -0.05) is 0 Å². The predicted molar refractivity (Wildman–Crippen MR) is 110 cm³/mol. The van der Waals surface area contributed by atoms with E-state index in [4.69, 9.17) is 5.73 Å². The highest BCUT2D eigenvalue weighted by atomic mass is 19.1. The van der Waals surface area contributed by atoms with E-state index < -0.39 is 5.82 Å². The van der Waals surface area contributed by atoms with Crippen molar-refractivity contribution in [2.75, 3.05) is 29.1 Å². The molecule has 0 bridgehead atoms. The predicted octanol–water partition coefficient (Wildman–Crippen LogP) is 2.70. The van der Waals surface area contributed by atoms with Crippen molar-refractivity contribution >= 4 is 39.8 Å². The first-order valence-corrected chi connectivity index (χ1v) is 9.09. The maximum absolute atomic E-state index is 13.1. The first kappa shape index (κ1) is 20.2. The zero-order valence-corrected chi connectivity index (χ0v) is 15.6. The molecule has 8 heteroatoms. The van der Waals surface area contributed by atoms with Crippen molar-refractivity contribution in [3.8, 4) is 0 Å². The number of carbonyl (C=O) groups is 2. The number of pyridine rings is 1. The van der Waals surface area contributed by atoms with E-state index in [2.05, 4.69) is 10.3 Å². The van der Waals surface area contributed by atoms with Crippen molar-refractivity contribution in [1.29, 1.82) is 0 Å². The van der Waals surface area contributed by atoms with Crippen LogP contribution in [0, 0.1) is 5.82 Å². The number of fused-ring (bicyclic) bond motifs is 1. The van der Waals surface area contributed by atoms with Gasteiger partial charge in [-0.15, -0.1) is 0 Å². The number of hydrogen-bond acceptors (Lipinski definition) is 5. The van der Waals surface area contributed by atoms with Gasteiger partial charge in [0, 0.05) is 42.3 Å². The van der Waals surface area contributed by atoms with Gasteiger partial charge in [-0.25, -0.2) is 9.37 Å². The minimum Gasteiger partial charge on any atom is -0.395 e. The van der Waals surface area contributed by atoms with E-state index >= 15 is 0 Å². The Morgan fingerprint density at radius 2 is 1.86 bits per heavy atom. The van der Waals surface area contributed by atoms with E-state index in [0.717, 1.165) is 10.8 Å². The number of nitrogens with one attached hydrogen (secondary N) is 1. The lowest BCUT2D eigenvalue weighted by Crippen LogP contribution is -2.34. The van der Waals surface area contributed by atoms with Crippen LogP contribution in [0.5, 0.6) is 0 Å². The van der Waals surface area contributed by atoms with E-state index in [0.29, 0.717) is 17.2 Å². The number of nitrogens with zero attached hydrogens (tertiary/aromatic N) is 2. The summed E-state index contributed by atoms with van der Waals surface area (Å²) in [6.45, 7) is -0.184. The van der Waals surface area contributed by atoms with Crippen LogP contribution in [0.1, 0.15) is 12.8 Å². The molecule has 2 aromatic carbocycles. The van der Waals surface area contributed by atoms with Crippen LogP contribution >= 0.6 is 0 Å². The molecule has 0 atom stereocenters. The summed E-state index contributed by atoms with van der Waals surface area (Å²) >= 11 is 0. The fourth-order valence-corrected chi connectivity index (χ4v) is 2.98. The van der Waals surface area contributed by atoms with Gasteiger partial charge in [0.05, 0.1) is 6.61 Å². The zero-order chi connectivity index (χ0) is 20.8. The molecule has 0 saturated heterocycles. The molecular weight excluding hydrogens is 375 g/mol. The maximum atomic E-state index is 13.1. The largest absolute Gasteiger partial charge is 0.395 e. The minimum absolute atomic E-state index is 0.0293. The Bertz CT molecular complexity index is 1020. The molecule has 0 aliphatic carbocycles. The van der Waals surface area contributed by atoms with Crippen molar-refractivity contribution < 1.29 is 19.1 Å². The average Bonchev–Trinajstić information content (AvgIpc) is 2.71. The van der Waals surface area contributed by atoms with E-state index in [1.165, 1.54) is 29.2 Å². The third-order valence-corrected chi connectivity index (χ3v) is 4.41. The molecule has 3 aromatic rings. The number of hydrogen-bond donors (Lipinski definition) is 3. The van der Waals surface area contributed by atoms with Gasteiger partial charge in [-0.05, 0) is 53.9 Å². The lowest BCUT2D eigenvalue weighted by molar-refractivity contribution is -0.122. The van der Waals surface area contributed by atoms with Crippen LogP contribution < -0.4 is 16.0 Å². The molecule has 29 heavy (non-hydrogen) atoms. The number of amides is 2. The standard InChI is InChI=1S/C21H21FN4O3/c22-15-1-4-17(5-2-15)26(11-12-27)20(29)8-7-19(28)25-16-3-6-18-14(13-16)9-10-24-21(18)23/h1-6,9-10,13,27H,7-8,11-12H2,(H2,23,24)(H,25,28). The Kier molecular flexibility index (Phi) is 6.36. The zero-order valence-electron chi connectivity index (χ0n) is 15.6. The highest BCUT2D eigenvalue weighted by Crippen LogP contribution is 2.22. The van der Waals surface area contributed by atoms with Crippen LogP contribution in [-0.4, -0.2) is 35.1 Å². The second kappa shape index (κ2) is 9.11. The topological polar surface area (TPSA) is 109 Å². The summed E-state index contributed by atoms with van der Waals surface area (Å²) in [5, 5.41) is 13.6. The molecule has 0 aliphatic heterocycles. The van der Waals surface area contributed by atoms with E-state index in [-0.39, 0.29) is 37.8 Å². The number of rotatable bonds is 7. The second-order valence-electron chi connectivity index (χ2n) is 6.43. The summed E-state index contributed by atoms with van der Waals surface area (Å²) < 4.78 is 13.1. The van der Waals surface area contributed by atoms with Crippen molar-refractivity contribution in [2.45, 2.75) is 12.8 Å². The summed E-state index contributed by atoms with van der Waals surface area (Å²) in [4.78, 5) is 30.1. The van der Waals surface area contributed by atoms with Crippen molar-refractivity contribution in [2.24, 2.45) is 0 Å². The summed E-state index contributed by atoms with van der Waals surface area (Å²) in [6.07, 6.45) is 1.51. The van der Waals surface area contributed by atoms with Crippen LogP contribution in [0.3, 0.4) is 0 Å². The Morgan fingerprint density at radius 1 is 1.10 bits per heavy atom. The third kappa shape index (κ3) is 5.05. The Labute approximate surface area is 167 Å². The van der Waals surface area contributed by atoms with E-state index in [1.807, 2.05) is 0 Å². The minimum atomic E-state index is -0.419. The molecule has 0 saturated carbocycles. The van der Waals surface area contributed by atoms with Gasteiger partial charge in [0.25, 0.3) is 0 Å². The molecule has 0 radical (unpaired) electrons. The van der Waals surface area contributed by atoms with Crippen LogP contribution in [0.2, 0.25) is 0 Å². The number of aliphatic hydroxyl groups is 1. The number of halogens is 1. The normalized spacial score (nSPS) is 10.7. The molecule has 7 nitrogen and oxygen atoms in total. The molecule has 0 spiro atoms. The number of nitrogen functional groups attached to an aromatic ring is 1. The quantitative estimate of drug-likeness (QED) is 0.569. The molecule has 1 heterocycles. The lowest BCUT2D eigenvalue weighted by Gasteiger charge is -2.22. The number of aromatic nitrogens is 1. The molecule has 1 aromatic heterocycles. The average molecular weight is 396 g/mol. The monoisotopic (exact) mass is 396 g/mol. The fourth-order valence-electron chi connectivity index (χ4n) is 2.98. The molecule has 2 amide bonds. The van der Waals surface area contributed by atoms with Crippen LogP contribution in [0.25, 0.3) is 10.8 Å². The molecule has 150 valence electrons. The summed E-state index contributed by atoms with van der Waals surface area (Å²) in [7, 11) is 0. The molecule has 0 unspecified atom stereocenters. The van der Waals surface area contributed by atoms with Gasteiger partial charge in [-0.3, -0.25) is 9.59 Å². The van der Waals surface area contributed by atoms with E-state index in [9.17, 15) is 19.1 Å². The fraction of sp³-hybridized carbons (Fsp3) is 0.190. The molecule has 4 N–H and O–H groups in total. The summed E-state index contributed by atoms with van der Waals surface area (Å²) in [5.74, 6) is -0.658. The van der Waals surface area contributed by atoms with Gasteiger partial charge in [0.15, 0.2) is 0 Å². The first-order valence-electron chi connectivity index (χ1n) is 9.09. The molecular formula is C21H21FN4O3. The van der Waals surface area contributed by atoms with Crippen molar-refractivity contribution in [3.63, 3.8) is 0 Å². The maximum Gasteiger partial charge on any atom is 0.227 e. The number of aliphatic hydroxyl groups excluding tert-OH is 1. The number of anilines is 3. The number of nitrogens with two attached hydrogens (primary N) is 1. The smallest absolute Gasteiger partial charge is 0.227 e. The van der Waals surface area contributed by atoms with Gasteiger partial charge >= 0.3 is 0 Å². The van der Waals surface area contributed by atoms with Crippen LogP contribution in [0.15, 0.2) is 54.7 Å². The highest BCUT2D eigenvalue weighted by Gasteiger charge is 2.17. The van der Waals surface area contributed by atoms with Gasteiger partial charge in [-0.2, -0.15) is 0 Å².